The first kappa shape index (κ1) is 8.92. The molecule has 1 aliphatic heterocycles. The van der Waals surface area contributed by atoms with Gasteiger partial charge in [0.25, 0.3) is 0 Å². The first-order chi connectivity index (χ1) is 5.77. The maximum Gasteiger partial charge on any atom is 0.0417 e. The molecule has 0 radical (unpaired) electrons. The van der Waals surface area contributed by atoms with Crippen LogP contribution in [-0.2, 0) is 0 Å². The summed E-state index contributed by atoms with van der Waals surface area (Å²) in [6, 6.07) is 6.12. The fourth-order valence-corrected chi connectivity index (χ4v) is 3.80. The molecule has 1 aromatic carbocycles. The molecule has 2 rings (SSSR count). The van der Waals surface area contributed by atoms with Gasteiger partial charge in [-0.1, -0.05) is 33.6 Å². The van der Waals surface area contributed by atoms with Crippen LogP contribution in [0.15, 0.2) is 23.1 Å². The monoisotopic (exact) mass is 262 g/mol. The van der Waals surface area contributed by atoms with Gasteiger partial charge >= 0.3 is 0 Å². The van der Waals surface area contributed by atoms with E-state index in [9.17, 15) is 0 Å². The second kappa shape index (κ2) is 3.60. The van der Waals surface area contributed by atoms with E-state index in [1.165, 1.54) is 22.6 Å². The molecule has 0 nitrogen and oxygen atoms in total. The first-order valence-corrected chi connectivity index (χ1v) is 6.11. The van der Waals surface area contributed by atoms with E-state index in [2.05, 4.69) is 28.1 Å². The molecule has 3 heteroatoms. The number of rotatable bonds is 0. The van der Waals surface area contributed by atoms with Crippen LogP contribution in [0.1, 0.15) is 16.8 Å². The van der Waals surface area contributed by atoms with Gasteiger partial charge in [-0.25, -0.2) is 0 Å². The summed E-state index contributed by atoms with van der Waals surface area (Å²) in [7, 11) is 0. The van der Waals surface area contributed by atoms with Crippen molar-refractivity contribution in [1.29, 1.82) is 0 Å². The molecule has 1 heterocycles. The summed E-state index contributed by atoms with van der Waals surface area (Å²) in [5, 5.41) is 0.836. The van der Waals surface area contributed by atoms with Crippen LogP contribution in [0.2, 0.25) is 5.02 Å². The molecular formula is C9H8BrClS. The third-order valence-corrected chi connectivity index (χ3v) is 4.23. The van der Waals surface area contributed by atoms with Gasteiger partial charge in [0.05, 0.1) is 0 Å². The lowest BCUT2D eigenvalue weighted by molar-refractivity contribution is 0.880. The Bertz CT molecular complexity index is 301. The number of halogens is 2. The minimum absolute atomic E-state index is 0.519. The number of fused-ring (bicyclic) bond motifs is 1. The first-order valence-electron chi connectivity index (χ1n) is 3.83. The van der Waals surface area contributed by atoms with Gasteiger partial charge in [-0.15, -0.1) is 11.8 Å². The molecular weight excluding hydrogens is 256 g/mol. The van der Waals surface area contributed by atoms with Crippen molar-refractivity contribution in [3.05, 3.63) is 28.8 Å². The summed E-state index contributed by atoms with van der Waals surface area (Å²) < 4.78 is 0. The molecule has 0 spiro atoms. The van der Waals surface area contributed by atoms with Gasteiger partial charge in [0.1, 0.15) is 0 Å². The zero-order valence-corrected chi connectivity index (χ0v) is 9.55. The minimum atomic E-state index is 0.519. The summed E-state index contributed by atoms with van der Waals surface area (Å²) >= 11 is 11.4. The van der Waals surface area contributed by atoms with Crippen molar-refractivity contribution >= 4 is 39.3 Å². The molecule has 1 aliphatic rings. The van der Waals surface area contributed by atoms with E-state index >= 15 is 0 Å². The van der Waals surface area contributed by atoms with Crippen molar-refractivity contribution in [3.63, 3.8) is 0 Å². The molecule has 0 bridgehead atoms. The molecule has 0 aromatic heterocycles. The van der Waals surface area contributed by atoms with Gasteiger partial charge in [0, 0.05) is 14.7 Å². The summed E-state index contributed by atoms with van der Waals surface area (Å²) in [5.41, 5.74) is 1.38. The van der Waals surface area contributed by atoms with Crippen LogP contribution in [0.3, 0.4) is 0 Å². The van der Waals surface area contributed by atoms with E-state index in [1.807, 2.05) is 17.8 Å². The van der Waals surface area contributed by atoms with Crippen molar-refractivity contribution in [2.75, 3.05) is 5.75 Å². The zero-order valence-electron chi connectivity index (χ0n) is 6.39. The highest BCUT2D eigenvalue weighted by molar-refractivity contribution is 9.09. The van der Waals surface area contributed by atoms with Gasteiger partial charge < -0.3 is 0 Å². The van der Waals surface area contributed by atoms with Gasteiger partial charge in [0.15, 0.2) is 0 Å². The molecule has 0 saturated heterocycles. The normalized spacial score (nSPS) is 22.0. The number of benzene rings is 1. The molecule has 0 fully saturated rings. The van der Waals surface area contributed by atoms with E-state index in [1.54, 1.807) is 0 Å². The molecule has 12 heavy (non-hydrogen) atoms. The lowest BCUT2D eigenvalue weighted by Crippen LogP contribution is -2.00. The third kappa shape index (κ3) is 1.66. The van der Waals surface area contributed by atoms with Crippen LogP contribution < -0.4 is 0 Å². The predicted octanol–water partition coefficient (Wildman–Crippen LogP) is 4.27. The third-order valence-electron chi connectivity index (χ3n) is 1.94. The summed E-state index contributed by atoms with van der Waals surface area (Å²) in [4.78, 5) is 1.85. The molecule has 64 valence electrons. The average molecular weight is 264 g/mol. The summed E-state index contributed by atoms with van der Waals surface area (Å²) in [6.07, 6.45) is 1.21. The van der Waals surface area contributed by atoms with E-state index in [0.717, 1.165) is 5.02 Å². The van der Waals surface area contributed by atoms with E-state index in [-0.39, 0.29) is 0 Å². The van der Waals surface area contributed by atoms with Crippen molar-refractivity contribution in [3.8, 4) is 0 Å². The Kier molecular flexibility index (Phi) is 2.68. The van der Waals surface area contributed by atoms with Crippen LogP contribution in [0, 0.1) is 0 Å². The fraction of sp³-hybridized carbons (Fsp3) is 0.333. The molecule has 0 N–H and O–H groups in total. The quantitative estimate of drug-likeness (QED) is 0.630. The average Bonchev–Trinajstić information content (AvgIpc) is 2.04. The summed E-state index contributed by atoms with van der Waals surface area (Å²) in [6.45, 7) is 0. The largest absolute Gasteiger partial charge is 0.126 e. The maximum atomic E-state index is 5.90. The molecule has 1 aromatic rings. The highest BCUT2D eigenvalue weighted by Gasteiger charge is 2.17. The Balaban J connectivity index is 2.46. The summed E-state index contributed by atoms with van der Waals surface area (Å²) in [5.74, 6) is 1.18. The standard InChI is InChI=1S/C9H8BrClS/c10-8-3-4-12-9-5-6(11)1-2-7(8)9/h1-2,5,8H,3-4H2. The Morgan fingerprint density at radius 2 is 2.33 bits per heavy atom. The van der Waals surface area contributed by atoms with Gasteiger partial charge in [-0.3, -0.25) is 0 Å². The predicted molar refractivity (Wildman–Crippen MR) is 58.5 cm³/mol. The number of hydrogen-bond acceptors (Lipinski definition) is 1. The van der Waals surface area contributed by atoms with Gasteiger partial charge in [-0.05, 0) is 29.9 Å². The molecule has 0 amide bonds. The van der Waals surface area contributed by atoms with E-state index in [0.29, 0.717) is 4.83 Å². The van der Waals surface area contributed by atoms with E-state index in [4.69, 9.17) is 11.6 Å². The van der Waals surface area contributed by atoms with Crippen LogP contribution >= 0.6 is 39.3 Å². The Morgan fingerprint density at radius 3 is 3.17 bits per heavy atom. The SMILES string of the molecule is Clc1ccc2c(c1)SCCC2Br. The van der Waals surface area contributed by atoms with Crippen LogP contribution in [-0.4, -0.2) is 5.75 Å². The Morgan fingerprint density at radius 1 is 1.50 bits per heavy atom. The Hall–Kier alpha value is 0.340. The minimum Gasteiger partial charge on any atom is -0.126 e. The topological polar surface area (TPSA) is 0 Å². The molecule has 0 saturated carbocycles. The number of hydrogen-bond donors (Lipinski definition) is 0. The highest BCUT2D eigenvalue weighted by atomic mass is 79.9. The second-order valence-corrected chi connectivity index (χ2v) is 5.47. The number of alkyl halides is 1. The van der Waals surface area contributed by atoms with Crippen molar-refractivity contribution in [1.82, 2.24) is 0 Å². The fourth-order valence-electron chi connectivity index (χ4n) is 1.32. The smallest absolute Gasteiger partial charge is 0.0417 e. The number of thioether (sulfide) groups is 1. The second-order valence-electron chi connectivity index (χ2n) is 2.79. The maximum absolute atomic E-state index is 5.90. The van der Waals surface area contributed by atoms with Gasteiger partial charge in [-0.2, -0.15) is 0 Å². The molecule has 1 atom stereocenters. The molecule has 1 unspecified atom stereocenters. The van der Waals surface area contributed by atoms with Crippen LogP contribution in [0.25, 0.3) is 0 Å². The Labute approximate surface area is 89.8 Å². The van der Waals surface area contributed by atoms with Gasteiger partial charge in [0.2, 0.25) is 0 Å². The van der Waals surface area contributed by atoms with Crippen molar-refractivity contribution in [2.45, 2.75) is 16.1 Å². The van der Waals surface area contributed by atoms with E-state index < -0.39 is 0 Å². The molecule has 0 aliphatic carbocycles. The van der Waals surface area contributed by atoms with Crippen LogP contribution in [0.4, 0.5) is 0 Å². The van der Waals surface area contributed by atoms with Crippen molar-refractivity contribution < 1.29 is 0 Å². The highest BCUT2D eigenvalue weighted by Crippen LogP contribution is 2.41. The lowest BCUT2D eigenvalue weighted by atomic mass is 10.1. The lowest BCUT2D eigenvalue weighted by Gasteiger charge is -2.20. The zero-order chi connectivity index (χ0) is 8.55. The van der Waals surface area contributed by atoms with Crippen molar-refractivity contribution in [2.24, 2.45) is 0 Å². The van der Waals surface area contributed by atoms with Crippen LogP contribution in [0.5, 0.6) is 0 Å².